The topological polar surface area (TPSA) is 54.0 Å². The first kappa shape index (κ1) is 16.3. The SMILES string of the molecule is O=C(Nc1ccc(Nc2ccc(Cl)c(Cl)c2)nc1)c1ccccc1. The predicted molar refractivity (Wildman–Crippen MR) is 98.4 cm³/mol. The Kier molecular flexibility index (Phi) is 4.99. The number of nitrogens with one attached hydrogen (secondary N) is 2. The summed E-state index contributed by atoms with van der Waals surface area (Å²) in [5, 5.41) is 6.88. The van der Waals surface area contributed by atoms with E-state index in [4.69, 9.17) is 23.2 Å². The van der Waals surface area contributed by atoms with Gasteiger partial charge in [0, 0.05) is 11.3 Å². The maximum Gasteiger partial charge on any atom is 0.255 e. The molecule has 1 heterocycles. The monoisotopic (exact) mass is 357 g/mol. The number of pyridine rings is 1. The van der Waals surface area contributed by atoms with Crippen LogP contribution < -0.4 is 10.6 Å². The molecule has 0 saturated heterocycles. The van der Waals surface area contributed by atoms with Crippen molar-refractivity contribution in [1.82, 2.24) is 4.98 Å². The van der Waals surface area contributed by atoms with Gasteiger partial charge < -0.3 is 10.6 Å². The molecule has 0 fully saturated rings. The number of aromatic nitrogens is 1. The molecule has 0 bridgehead atoms. The number of carbonyl (C=O) groups is 1. The molecule has 120 valence electrons. The molecule has 0 aliphatic rings. The number of hydrogen-bond donors (Lipinski definition) is 2. The summed E-state index contributed by atoms with van der Waals surface area (Å²) in [6, 6.07) is 17.8. The van der Waals surface area contributed by atoms with Gasteiger partial charge in [0.15, 0.2) is 0 Å². The van der Waals surface area contributed by atoms with Gasteiger partial charge in [-0.15, -0.1) is 0 Å². The molecular weight excluding hydrogens is 345 g/mol. The van der Waals surface area contributed by atoms with Gasteiger partial charge in [-0.2, -0.15) is 0 Å². The highest BCUT2D eigenvalue weighted by Crippen LogP contribution is 2.26. The van der Waals surface area contributed by atoms with E-state index >= 15 is 0 Å². The normalized spacial score (nSPS) is 10.2. The van der Waals surface area contributed by atoms with Crippen LogP contribution in [0.25, 0.3) is 0 Å². The Bertz CT molecular complexity index is 852. The smallest absolute Gasteiger partial charge is 0.255 e. The van der Waals surface area contributed by atoms with Crippen LogP contribution in [0.2, 0.25) is 10.0 Å². The van der Waals surface area contributed by atoms with E-state index in [0.717, 1.165) is 5.69 Å². The average Bonchev–Trinajstić information content (AvgIpc) is 2.61. The molecule has 3 rings (SSSR count). The van der Waals surface area contributed by atoms with Crippen LogP contribution in [0.15, 0.2) is 66.9 Å². The molecule has 0 atom stereocenters. The minimum Gasteiger partial charge on any atom is -0.340 e. The van der Waals surface area contributed by atoms with Gasteiger partial charge in [-0.3, -0.25) is 4.79 Å². The minimum atomic E-state index is -0.178. The quantitative estimate of drug-likeness (QED) is 0.658. The molecule has 0 radical (unpaired) electrons. The molecule has 0 aliphatic carbocycles. The van der Waals surface area contributed by atoms with Crippen LogP contribution in [-0.4, -0.2) is 10.9 Å². The summed E-state index contributed by atoms with van der Waals surface area (Å²) in [7, 11) is 0. The Labute approximate surface area is 149 Å². The van der Waals surface area contributed by atoms with Gasteiger partial charge in [-0.05, 0) is 42.5 Å². The van der Waals surface area contributed by atoms with Gasteiger partial charge in [0.2, 0.25) is 0 Å². The molecule has 2 N–H and O–H groups in total. The third kappa shape index (κ3) is 4.04. The zero-order valence-corrected chi connectivity index (χ0v) is 14.0. The minimum absolute atomic E-state index is 0.178. The van der Waals surface area contributed by atoms with Crippen molar-refractivity contribution in [1.29, 1.82) is 0 Å². The van der Waals surface area contributed by atoms with Crippen molar-refractivity contribution in [2.75, 3.05) is 10.6 Å². The Morgan fingerprint density at radius 1 is 0.875 bits per heavy atom. The zero-order chi connectivity index (χ0) is 16.9. The van der Waals surface area contributed by atoms with Crippen molar-refractivity contribution in [2.45, 2.75) is 0 Å². The Morgan fingerprint density at radius 2 is 1.62 bits per heavy atom. The summed E-state index contributed by atoms with van der Waals surface area (Å²) in [6.07, 6.45) is 1.58. The van der Waals surface area contributed by atoms with E-state index in [1.165, 1.54) is 0 Å². The summed E-state index contributed by atoms with van der Waals surface area (Å²) < 4.78 is 0. The van der Waals surface area contributed by atoms with Gasteiger partial charge in [0.05, 0.1) is 21.9 Å². The van der Waals surface area contributed by atoms with E-state index in [9.17, 15) is 4.79 Å². The van der Waals surface area contributed by atoms with Gasteiger partial charge in [-0.1, -0.05) is 41.4 Å². The van der Waals surface area contributed by atoms with Crippen LogP contribution in [0.4, 0.5) is 17.2 Å². The van der Waals surface area contributed by atoms with Crippen molar-refractivity contribution in [3.8, 4) is 0 Å². The fraction of sp³-hybridized carbons (Fsp3) is 0. The second-order valence-electron chi connectivity index (χ2n) is 5.01. The molecule has 3 aromatic rings. The number of benzene rings is 2. The Balaban J connectivity index is 1.67. The number of carbonyl (C=O) groups excluding carboxylic acids is 1. The van der Waals surface area contributed by atoms with Gasteiger partial charge in [-0.25, -0.2) is 4.98 Å². The van der Waals surface area contributed by atoms with Crippen LogP contribution >= 0.6 is 23.2 Å². The molecule has 24 heavy (non-hydrogen) atoms. The first-order chi connectivity index (χ1) is 11.6. The first-order valence-corrected chi connectivity index (χ1v) is 7.92. The largest absolute Gasteiger partial charge is 0.340 e. The van der Waals surface area contributed by atoms with E-state index in [-0.39, 0.29) is 5.91 Å². The third-order valence-electron chi connectivity index (χ3n) is 3.25. The van der Waals surface area contributed by atoms with Crippen molar-refractivity contribution in [3.05, 3.63) is 82.5 Å². The number of rotatable bonds is 4. The fourth-order valence-electron chi connectivity index (χ4n) is 2.06. The van der Waals surface area contributed by atoms with E-state index in [1.807, 2.05) is 18.2 Å². The molecule has 0 saturated carbocycles. The van der Waals surface area contributed by atoms with Gasteiger partial charge in [0.25, 0.3) is 5.91 Å². The number of halogens is 2. The van der Waals surface area contributed by atoms with Crippen molar-refractivity contribution < 1.29 is 4.79 Å². The van der Waals surface area contributed by atoms with Crippen molar-refractivity contribution >= 4 is 46.3 Å². The second-order valence-corrected chi connectivity index (χ2v) is 5.82. The van der Waals surface area contributed by atoms with E-state index < -0.39 is 0 Å². The molecule has 0 aliphatic heterocycles. The first-order valence-electron chi connectivity index (χ1n) is 7.16. The molecule has 4 nitrogen and oxygen atoms in total. The lowest BCUT2D eigenvalue weighted by molar-refractivity contribution is 0.102. The van der Waals surface area contributed by atoms with E-state index in [2.05, 4.69) is 15.6 Å². The lowest BCUT2D eigenvalue weighted by atomic mass is 10.2. The van der Waals surface area contributed by atoms with E-state index in [0.29, 0.717) is 27.1 Å². The third-order valence-corrected chi connectivity index (χ3v) is 3.99. The van der Waals surface area contributed by atoms with E-state index in [1.54, 1.807) is 48.7 Å². The van der Waals surface area contributed by atoms with Crippen LogP contribution in [0.3, 0.4) is 0 Å². The highest BCUT2D eigenvalue weighted by Gasteiger charge is 2.06. The number of nitrogens with zero attached hydrogens (tertiary/aromatic N) is 1. The second kappa shape index (κ2) is 7.34. The van der Waals surface area contributed by atoms with Crippen LogP contribution in [-0.2, 0) is 0 Å². The average molecular weight is 358 g/mol. The van der Waals surface area contributed by atoms with Crippen LogP contribution in [0.1, 0.15) is 10.4 Å². The Hall–Kier alpha value is -2.56. The van der Waals surface area contributed by atoms with Gasteiger partial charge >= 0.3 is 0 Å². The number of anilines is 3. The maximum atomic E-state index is 12.1. The molecule has 0 unspecified atom stereocenters. The van der Waals surface area contributed by atoms with Crippen LogP contribution in [0, 0.1) is 0 Å². The molecular formula is C18H13Cl2N3O. The molecule has 2 aromatic carbocycles. The summed E-state index contributed by atoms with van der Waals surface area (Å²) in [6.45, 7) is 0. The summed E-state index contributed by atoms with van der Waals surface area (Å²) >= 11 is 11.9. The summed E-state index contributed by atoms with van der Waals surface area (Å²) in [5.74, 6) is 0.452. The molecule has 1 aromatic heterocycles. The fourth-order valence-corrected chi connectivity index (χ4v) is 2.35. The molecule has 1 amide bonds. The summed E-state index contributed by atoms with van der Waals surface area (Å²) in [5.41, 5.74) is 1.98. The standard InChI is InChI=1S/C18H13Cl2N3O/c19-15-8-6-13(10-16(15)20)22-17-9-7-14(11-21-17)23-18(24)12-4-2-1-3-5-12/h1-11H,(H,21,22)(H,23,24). The highest BCUT2D eigenvalue weighted by molar-refractivity contribution is 6.42. The lowest BCUT2D eigenvalue weighted by Gasteiger charge is -2.08. The van der Waals surface area contributed by atoms with Gasteiger partial charge in [0.1, 0.15) is 5.82 Å². The maximum absolute atomic E-state index is 12.1. The Morgan fingerprint density at radius 3 is 2.29 bits per heavy atom. The van der Waals surface area contributed by atoms with Crippen molar-refractivity contribution in [2.24, 2.45) is 0 Å². The molecule has 6 heteroatoms. The molecule has 0 spiro atoms. The van der Waals surface area contributed by atoms with Crippen LogP contribution in [0.5, 0.6) is 0 Å². The summed E-state index contributed by atoms with van der Waals surface area (Å²) in [4.78, 5) is 16.3. The highest BCUT2D eigenvalue weighted by atomic mass is 35.5. The van der Waals surface area contributed by atoms with Crippen molar-refractivity contribution in [3.63, 3.8) is 0 Å². The predicted octanol–water partition coefficient (Wildman–Crippen LogP) is 5.38. The number of hydrogen-bond acceptors (Lipinski definition) is 3. The lowest BCUT2D eigenvalue weighted by Crippen LogP contribution is -2.11. The zero-order valence-electron chi connectivity index (χ0n) is 12.5. The number of amides is 1.